The number of likely N-dealkylation sites (tertiary alicyclic amines) is 1. The van der Waals surface area contributed by atoms with Crippen LogP contribution in [0.1, 0.15) is 31.4 Å². The third-order valence-corrected chi connectivity index (χ3v) is 8.14. The Morgan fingerprint density at radius 1 is 1.06 bits per heavy atom. The summed E-state index contributed by atoms with van der Waals surface area (Å²) in [6.45, 7) is 7.27. The summed E-state index contributed by atoms with van der Waals surface area (Å²) in [5.41, 5.74) is 2.47. The van der Waals surface area contributed by atoms with E-state index in [0.717, 1.165) is 60.8 Å². The number of hydrogen-bond donors (Lipinski definition) is 2. The maximum Gasteiger partial charge on any atom is 0.196 e. The number of anilines is 2. The van der Waals surface area contributed by atoms with E-state index in [2.05, 4.69) is 21.2 Å². The number of nitrogens with zero attached hydrogens (tertiary/aromatic N) is 2. The third kappa shape index (κ3) is 4.87. The van der Waals surface area contributed by atoms with Crippen LogP contribution in [0.5, 0.6) is 0 Å². The number of halogens is 3. The van der Waals surface area contributed by atoms with Gasteiger partial charge in [0.1, 0.15) is 0 Å². The molecular formula is C26H30Cl3N3O2. The Morgan fingerprint density at radius 2 is 1.88 bits per heavy atom. The molecule has 8 heteroatoms. The van der Waals surface area contributed by atoms with Crippen LogP contribution in [0.25, 0.3) is 11.0 Å². The van der Waals surface area contributed by atoms with E-state index in [-0.39, 0.29) is 12.6 Å². The number of aliphatic hydroxyl groups excluding tert-OH is 1. The first kappa shape index (κ1) is 24.1. The average molecular weight is 523 g/mol. The van der Waals surface area contributed by atoms with Crippen molar-refractivity contribution in [3.8, 4) is 0 Å². The zero-order chi connectivity index (χ0) is 23.8. The summed E-state index contributed by atoms with van der Waals surface area (Å²) in [6, 6.07) is 11.4. The van der Waals surface area contributed by atoms with E-state index >= 15 is 0 Å². The summed E-state index contributed by atoms with van der Waals surface area (Å²) < 4.78 is 6.35. The van der Waals surface area contributed by atoms with Crippen molar-refractivity contribution in [1.82, 2.24) is 4.90 Å². The molecule has 5 rings (SSSR count). The maximum atomic E-state index is 9.27. The summed E-state index contributed by atoms with van der Waals surface area (Å²) in [5.74, 6) is 2.25. The Kier molecular flexibility index (Phi) is 7.19. The molecule has 0 radical (unpaired) electrons. The van der Waals surface area contributed by atoms with Crippen molar-refractivity contribution < 1.29 is 9.52 Å². The van der Waals surface area contributed by atoms with Crippen molar-refractivity contribution in [3.05, 3.63) is 57.0 Å². The van der Waals surface area contributed by atoms with Crippen molar-refractivity contribution >= 4 is 57.3 Å². The molecule has 5 nitrogen and oxygen atoms in total. The summed E-state index contributed by atoms with van der Waals surface area (Å²) in [7, 11) is 0. The number of rotatable bonds is 7. The van der Waals surface area contributed by atoms with Gasteiger partial charge in [-0.3, -0.25) is 0 Å². The molecule has 2 aliphatic rings. The minimum absolute atomic E-state index is 0.0806. The van der Waals surface area contributed by atoms with Crippen molar-refractivity contribution in [1.29, 1.82) is 0 Å². The number of fused-ring (bicyclic) bond motifs is 1. The molecule has 182 valence electrons. The molecule has 2 N–H and O–H groups in total. The van der Waals surface area contributed by atoms with Gasteiger partial charge in [0.05, 0.1) is 23.4 Å². The second kappa shape index (κ2) is 10.2. The number of nitrogens with one attached hydrogen (secondary N) is 1. The first-order valence-corrected chi connectivity index (χ1v) is 13.1. The summed E-state index contributed by atoms with van der Waals surface area (Å²) in [4.78, 5) is 4.71. The van der Waals surface area contributed by atoms with Gasteiger partial charge in [0.2, 0.25) is 0 Å². The van der Waals surface area contributed by atoms with Crippen LogP contribution in [0.4, 0.5) is 11.6 Å². The van der Waals surface area contributed by atoms with Crippen LogP contribution in [-0.4, -0.2) is 49.3 Å². The fraction of sp³-hybridized carbons (Fsp3) is 0.462. The standard InChI is InChI=1S/C26H30Cl3N3O2/c1-16(21-6-5-20(27)12-23(21)29)30-25-22(28)7-4-17-11-24(34-26(17)25)32-14-19(15-32)18-3-2-8-31(13-18)9-10-33/h4-7,11-12,16,18-19,30,33H,2-3,8-10,13-15H2,1H3/t16-,18+/m1/s1. The van der Waals surface area contributed by atoms with Crippen molar-refractivity contribution in [3.63, 3.8) is 0 Å². The van der Waals surface area contributed by atoms with Crippen LogP contribution in [0, 0.1) is 11.8 Å². The van der Waals surface area contributed by atoms with Gasteiger partial charge in [0, 0.05) is 47.7 Å². The summed E-state index contributed by atoms with van der Waals surface area (Å²) >= 11 is 19.1. The zero-order valence-electron chi connectivity index (χ0n) is 19.2. The van der Waals surface area contributed by atoms with Gasteiger partial charge in [-0.15, -0.1) is 0 Å². The van der Waals surface area contributed by atoms with Crippen LogP contribution in [-0.2, 0) is 0 Å². The van der Waals surface area contributed by atoms with Gasteiger partial charge in [-0.2, -0.15) is 0 Å². The van der Waals surface area contributed by atoms with Crippen LogP contribution in [0.3, 0.4) is 0 Å². The molecule has 0 amide bonds. The molecule has 2 aromatic carbocycles. The van der Waals surface area contributed by atoms with Crippen molar-refractivity contribution in [2.75, 3.05) is 49.5 Å². The lowest BCUT2D eigenvalue weighted by Gasteiger charge is -2.46. The van der Waals surface area contributed by atoms with E-state index in [0.29, 0.717) is 26.9 Å². The Labute approximate surface area is 215 Å². The van der Waals surface area contributed by atoms with Crippen molar-refractivity contribution in [2.45, 2.75) is 25.8 Å². The number of hydrogen-bond acceptors (Lipinski definition) is 5. The number of benzene rings is 2. The van der Waals surface area contributed by atoms with Gasteiger partial charge in [0.25, 0.3) is 0 Å². The van der Waals surface area contributed by atoms with E-state index in [1.165, 1.54) is 12.8 Å². The minimum atomic E-state index is -0.0806. The lowest BCUT2D eigenvalue weighted by atomic mass is 9.80. The quantitative estimate of drug-likeness (QED) is 0.361. The first-order valence-electron chi connectivity index (χ1n) is 11.9. The van der Waals surface area contributed by atoms with Crippen LogP contribution < -0.4 is 10.2 Å². The van der Waals surface area contributed by atoms with E-state index in [9.17, 15) is 5.11 Å². The van der Waals surface area contributed by atoms with E-state index < -0.39 is 0 Å². The minimum Gasteiger partial charge on any atom is -0.438 e. The largest absolute Gasteiger partial charge is 0.438 e. The maximum absolute atomic E-state index is 9.27. The summed E-state index contributed by atoms with van der Waals surface area (Å²) in [6.07, 6.45) is 2.49. The van der Waals surface area contributed by atoms with E-state index in [1.54, 1.807) is 6.07 Å². The second-order valence-corrected chi connectivity index (χ2v) is 10.8. The third-order valence-electron chi connectivity index (χ3n) is 7.26. The molecule has 3 aromatic rings. The predicted molar refractivity (Wildman–Crippen MR) is 142 cm³/mol. The molecule has 0 bridgehead atoms. The van der Waals surface area contributed by atoms with Crippen LogP contribution in [0.2, 0.25) is 15.1 Å². The number of aliphatic hydroxyl groups is 1. The molecule has 0 aliphatic carbocycles. The number of β-amino-alcohol motifs (C(OH)–C–C–N with tert-alkyl or cyclic N) is 1. The molecule has 2 aliphatic heterocycles. The highest BCUT2D eigenvalue weighted by Crippen LogP contribution is 2.41. The number of piperidine rings is 1. The highest BCUT2D eigenvalue weighted by molar-refractivity contribution is 6.35. The highest BCUT2D eigenvalue weighted by atomic mass is 35.5. The van der Waals surface area contributed by atoms with Crippen LogP contribution >= 0.6 is 34.8 Å². The zero-order valence-corrected chi connectivity index (χ0v) is 21.5. The van der Waals surface area contributed by atoms with Crippen LogP contribution in [0.15, 0.2) is 40.8 Å². The monoisotopic (exact) mass is 521 g/mol. The first-order chi connectivity index (χ1) is 16.4. The average Bonchev–Trinajstić information content (AvgIpc) is 3.19. The lowest BCUT2D eigenvalue weighted by Crippen LogP contribution is -2.53. The Balaban J connectivity index is 1.30. The highest BCUT2D eigenvalue weighted by Gasteiger charge is 2.37. The fourth-order valence-electron chi connectivity index (χ4n) is 5.31. The molecule has 0 unspecified atom stereocenters. The molecule has 2 atom stereocenters. The van der Waals surface area contributed by atoms with Gasteiger partial charge < -0.3 is 24.6 Å². The normalized spacial score (nSPS) is 20.5. The smallest absolute Gasteiger partial charge is 0.196 e. The Bertz CT molecular complexity index is 1160. The van der Waals surface area contributed by atoms with Crippen molar-refractivity contribution in [2.24, 2.45) is 11.8 Å². The number of furan rings is 1. The van der Waals surface area contributed by atoms with Gasteiger partial charge in [0.15, 0.2) is 11.5 Å². The molecule has 3 heterocycles. The molecule has 2 saturated heterocycles. The Hall–Kier alpha value is -1.63. The lowest BCUT2D eigenvalue weighted by molar-refractivity contribution is 0.101. The van der Waals surface area contributed by atoms with Gasteiger partial charge in [-0.25, -0.2) is 0 Å². The molecule has 0 spiro atoms. The van der Waals surface area contributed by atoms with E-state index in [1.807, 2.05) is 31.2 Å². The molecule has 0 saturated carbocycles. The fourth-order valence-corrected chi connectivity index (χ4v) is 6.09. The molecule has 1 aromatic heterocycles. The van der Waals surface area contributed by atoms with Gasteiger partial charge >= 0.3 is 0 Å². The van der Waals surface area contributed by atoms with Gasteiger partial charge in [-0.05, 0) is 68.0 Å². The molecule has 2 fully saturated rings. The predicted octanol–water partition coefficient (Wildman–Crippen LogP) is 6.71. The molecular weight excluding hydrogens is 493 g/mol. The SMILES string of the molecule is C[C@@H](Nc1c(Cl)ccc2cc(N3CC([C@H]4CCCN(CCO)C4)C3)oc12)c1ccc(Cl)cc1Cl. The Morgan fingerprint density at radius 3 is 2.65 bits per heavy atom. The second-order valence-electron chi connectivity index (χ2n) is 9.55. The van der Waals surface area contributed by atoms with Gasteiger partial charge in [-0.1, -0.05) is 40.9 Å². The summed E-state index contributed by atoms with van der Waals surface area (Å²) in [5, 5.41) is 15.6. The topological polar surface area (TPSA) is 51.9 Å². The van der Waals surface area contributed by atoms with E-state index in [4.69, 9.17) is 39.2 Å². The molecule has 34 heavy (non-hydrogen) atoms.